The standard InChI is InChI=1S/C15H31N3/c1-2-3-4-5-15(12-16)18-10-8-17(9-11-18)13-14-6-7-14/h14-15H,2-13,16H2,1H3. The minimum absolute atomic E-state index is 0.639. The lowest BCUT2D eigenvalue weighted by molar-refractivity contribution is 0.0911. The molecule has 1 atom stereocenters. The highest BCUT2D eigenvalue weighted by atomic mass is 15.3. The Morgan fingerprint density at radius 1 is 1.11 bits per heavy atom. The average Bonchev–Trinajstić information content (AvgIpc) is 3.20. The highest BCUT2D eigenvalue weighted by Gasteiger charge is 2.27. The molecule has 106 valence electrons. The van der Waals surface area contributed by atoms with Crippen LogP contribution in [0.1, 0.15) is 45.4 Å². The van der Waals surface area contributed by atoms with Gasteiger partial charge in [0.15, 0.2) is 0 Å². The summed E-state index contributed by atoms with van der Waals surface area (Å²) in [6.07, 6.45) is 8.27. The van der Waals surface area contributed by atoms with Gasteiger partial charge in [0.2, 0.25) is 0 Å². The number of hydrogen-bond acceptors (Lipinski definition) is 3. The highest BCUT2D eigenvalue weighted by molar-refractivity contribution is 4.83. The van der Waals surface area contributed by atoms with Crippen molar-refractivity contribution in [1.82, 2.24) is 9.80 Å². The van der Waals surface area contributed by atoms with Crippen LogP contribution in [-0.2, 0) is 0 Å². The third kappa shape index (κ3) is 4.52. The molecule has 0 spiro atoms. The summed E-state index contributed by atoms with van der Waals surface area (Å²) in [6.45, 7) is 9.47. The lowest BCUT2D eigenvalue weighted by atomic mass is 10.1. The summed E-state index contributed by atoms with van der Waals surface area (Å²) in [5, 5.41) is 0. The largest absolute Gasteiger partial charge is 0.329 e. The van der Waals surface area contributed by atoms with Crippen molar-refractivity contribution in [2.24, 2.45) is 11.7 Å². The number of hydrogen-bond donors (Lipinski definition) is 1. The molecule has 3 heteroatoms. The van der Waals surface area contributed by atoms with Gasteiger partial charge in [-0.05, 0) is 25.2 Å². The van der Waals surface area contributed by atoms with Crippen molar-refractivity contribution in [3.63, 3.8) is 0 Å². The first-order valence-corrected chi connectivity index (χ1v) is 8.00. The first-order valence-electron chi connectivity index (χ1n) is 8.00. The van der Waals surface area contributed by atoms with Gasteiger partial charge in [0, 0.05) is 45.3 Å². The van der Waals surface area contributed by atoms with E-state index < -0.39 is 0 Å². The Hall–Kier alpha value is -0.120. The number of unbranched alkanes of at least 4 members (excludes halogenated alkanes) is 2. The third-order valence-electron chi connectivity index (χ3n) is 4.55. The Morgan fingerprint density at radius 3 is 2.39 bits per heavy atom. The van der Waals surface area contributed by atoms with Gasteiger partial charge in [-0.15, -0.1) is 0 Å². The Labute approximate surface area is 113 Å². The number of rotatable bonds is 8. The molecule has 0 amide bonds. The second kappa shape index (κ2) is 7.46. The summed E-state index contributed by atoms with van der Waals surface area (Å²) in [6, 6.07) is 0.639. The Kier molecular flexibility index (Phi) is 5.93. The topological polar surface area (TPSA) is 32.5 Å². The Bertz CT molecular complexity index is 220. The van der Waals surface area contributed by atoms with Gasteiger partial charge >= 0.3 is 0 Å². The van der Waals surface area contributed by atoms with Gasteiger partial charge in [0.1, 0.15) is 0 Å². The van der Waals surface area contributed by atoms with Crippen molar-refractivity contribution in [2.45, 2.75) is 51.5 Å². The van der Waals surface area contributed by atoms with E-state index in [4.69, 9.17) is 5.73 Å². The Morgan fingerprint density at radius 2 is 1.83 bits per heavy atom. The molecule has 2 fully saturated rings. The van der Waals surface area contributed by atoms with Crippen molar-refractivity contribution in [3.8, 4) is 0 Å². The fourth-order valence-electron chi connectivity index (χ4n) is 3.06. The van der Waals surface area contributed by atoms with E-state index in [-0.39, 0.29) is 0 Å². The van der Waals surface area contributed by atoms with Gasteiger partial charge in [0.05, 0.1) is 0 Å². The quantitative estimate of drug-likeness (QED) is 0.671. The lowest BCUT2D eigenvalue weighted by Gasteiger charge is -2.39. The second-order valence-electron chi connectivity index (χ2n) is 6.17. The summed E-state index contributed by atoms with van der Waals surface area (Å²) in [7, 11) is 0. The van der Waals surface area contributed by atoms with E-state index in [0.29, 0.717) is 6.04 Å². The van der Waals surface area contributed by atoms with E-state index >= 15 is 0 Å². The maximum absolute atomic E-state index is 5.96. The van der Waals surface area contributed by atoms with E-state index in [9.17, 15) is 0 Å². The molecule has 0 aromatic heterocycles. The highest BCUT2D eigenvalue weighted by Crippen LogP contribution is 2.30. The molecule has 18 heavy (non-hydrogen) atoms. The third-order valence-corrected chi connectivity index (χ3v) is 4.55. The van der Waals surface area contributed by atoms with Gasteiger partial charge in [-0.3, -0.25) is 4.90 Å². The molecule has 1 aliphatic heterocycles. The van der Waals surface area contributed by atoms with Crippen LogP contribution in [0.3, 0.4) is 0 Å². The molecule has 0 bridgehead atoms. The van der Waals surface area contributed by atoms with E-state index in [1.807, 2.05) is 0 Å². The van der Waals surface area contributed by atoms with Crippen molar-refractivity contribution >= 4 is 0 Å². The SMILES string of the molecule is CCCCCC(CN)N1CCN(CC2CC2)CC1. The van der Waals surface area contributed by atoms with Crippen LogP contribution in [0.25, 0.3) is 0 Å². The maximum Gasteiger partial charge on any atom is 0.0219 e. The summed E-state index contributed by atoms with van der Waals surface area (Å²) in [4.78, 5) is 5.30. The summed E-state index contributed by atoms with van der Waals surface area (Å²) in [5.74, 6) is 1.03. The zero-order valence-electron chi connectivity index (χ0n) is 12.1. The molecule has 2 aliphatic rings. The molecule has 0 aromatic carbocycles. The van der Waals surface area contributed by atoms with Crippen molar-refractivity contribution in [2.75, 3.05) is 39.3 Å². The zero-order valence-corrected chi connectivity index (χ0v) is 12.1. The van der Waals surface area contributed by atoms with E-state index in [2.05, 4.69) is 16.7 Å². The van der Waals surface area contributed by atoms with Crippen molar-refractivity contribution in [1.29, 1.82) is 0 Å². The van der Waals surface area contributed by atoms with Crippen molar-refractivity contribution < 1.29 is 0 Å². The first-order chi connectivity index (χ1) is 8.83. The van der Waals surface area contributed by atoms with Gasteiger partial charge in [0.25, 0.3) is 0 Å². The molecule has 1 heterocycles. The fourth-order valence-corrected chi connectivity index (χ4v) is 3.06. The van der Waals surface area contributed by atoms with Crippen molar-refractivity contribution in [3.05, 3.63) is 0 Å². The van der Waals surface area contributed by atoms with Crippen LogP contribution in [0.4, 0.5) is 0 Å². The van der Waals surface area contributed by atoms with Crippen LogP contribution >= 0.6 is 0 Å². The van der Waals surface area contributed by atoms with Gasteiger partial charge in [-0.2, -0.15) is 0 Å². The molecule has 1 aliphatic carbocycles. The van der Waals surface area contributed by atoms with E-state index in [0.717, 1.165) is 12.5 Å². The zero-order chi connectivity index (χ0) is 12.8. The number of nitrogens with zero attached hydrogens (tertiary/aromatic N) is 2. The molecular weight excluding hydrogens is 222 g/mol. The van der Waals surface area contributed by atoms with E-state index in [1.165, 1.54) is 71.2 Å². The summed E-state index contributed by atoms with van der Waals surface area (Å²) < 4.78 is 0. The Balaban J connectivity index is 1.65. The molecular formula is C15H31N3. The monoisotopic (exact) mass is 253 g/mol. The molecule has 1 unspecified atom stereocenters. The van der Waals surface area contributed by atoms with Crippen LogP contribution in [0.5, 0.6) is 0 Å². The van der Waals surface area contributed by atoms with Gasteiger partial charge in [-0.1, -0.05) is 26.2 Å². The summed E-state index contributed by atoms with van der Waals surface area (Å²) in [5.41, 5.74) is 5.96. The average molecular weight is 253 g/mol. The lowest BCUT2D eigenvalue weighted by Crippen LogP contribution is -2.52. The van der Waals surface area contributed by atoms with Crippen LogP contribution < -0.4 is 5.73 Å². The first kappa shape index (κ1) is 14.3. The minimum Gasteiger partial charge on any atom is -0.329 e. The van der Waals surface area contributed by atoms with Gasteiger partial charge < -0.3 is 10.6 Å². The molecule has 1 saturated carbocycles. The number of nitrogens with two attached hydrogens (primary N) is 1. The fraction of sp³-hybridized carbons (Fsp3) is 1.00. The maximum atomic E-state index is 5.96. The van der Waals surface area contributed by atoms with Crippen LogP contribution in [0.15, 0.2) is 0 Å². The number of piperazine rings is 1. The predicted molar refractivity (Wildman–Crippen MR) is 77.7 cm³/mol. The normalized spacial score (nSPS) is 24.3. The van der Waals surface area contributed by atoms with Crippen LogP contribution in [-0.4, -0.2) is 55.1 Å². The smallest absolute Gasteiger partial charge is 0.0219 e. The summed E-state index contributed by atoms with van der Waals surface area (Å²) >= 11 is 0. The predicted octanol–water partition coefficient (Wildman–Crippen LogP) is 1.92. The molecule has 0 radical (unpaired) electrons. The van der Waals surface area contributed by atoms with Crippen LogP contribution in [0, 0.1) is 5.92 Å². The van der Waals surface area contributed by atoms with Gasteiger partial charge in [-0.25, -0.2) is 0 Å². The molecule has 3 nitrogen and oxygen atoms in total. The van der Waals surface area contributed by atoms with E-state index in [1.54, 1.807) is 0 Å². The van der Waals surface area contributed by atoms with Crippen LogP contribution in [0.2, 0.25) is 0 Å². The molecule has 0 aromatic rings. The molecule has 1 saturated heterocycles. The second-order valence-corrected chi connectivity index (χ2v) is 6.17. The minimum atomic E-state index is 0.639. The molecule has 2 rings (SSSR count). The molecule has 2 N–H and O–H groups in total.